The lowest BCUT2D eigenvalue weighted by molar-refractivity contribution is 0.885. The first-order chi connectivity index (χ1) is 9.74. The number of hydrogen-bond acceptors (Lipinski definition) is 4. The van der Waals surface area contributed by atoms with Gasteiger partial charge in [0.05, 0.1) is 5.56 Å². The molecule has 1 aliphatic rings. The van der Waals surface area contributed by atoms with Crippen molar-refractivity contribution in [2.45, 2.75) is 19.9 Å². The third kappa shape index (κ3) is 2.50. The van der Waals surface area contributed by atoms with Crippen LogP contribution in [0.25, 0.3) is 17.5 Å². The summed E-state index contributed by atoms with van der Waals surface area (Å²) in [7, 11) is 0. The van der Waals surface area contributed by atoms with E-state index in [0.29, 0.717) is 6.04 Å². The average Bonchev–Trinajstić information content (AvgIpc) is 2.47. The standard InChI is InChI=1S/C16H18N4/c1-11(2)18-16-13-9-6-10-17-15(13)19-14(20-16)12-7-4-3-5-8-12/h3-9,11H,10H2,1-2H3,(H2,17,18,19,20). The molecule has 4 nitrogen and oxygen atoms in total. The van der Waals surface area contributed by atoms with Crippen molar-refractivity contribution >= 4 is 17.7 Å². The Morgan fingerprint density at radius 2 is 1.95 bits per heavy atom. The second kappa shape index (κ2) is 5.33. The van der Waals surface area contributed by atoms with Crippen LogP contribution in [0.1, 0.15) is 19.4 Å². The summed E-state index contributed by atoms with van der Waals surface area (Å²) in [4.78, 5) is 9.32. The van der Waals surface area contributed by atoms with Gasteiger partial charge in [0, 0.05) is 18.2 Å². The summed E-state index contributed by atoms with van der Waals surface area (Å²) in [5.74, 6) is 2.52. The van der Waals surface area contributed by atoms with Crippen LogP contribution in [0.2, 0.25) is 0 Å². The van der Waals surface area contributed by atoms with Crippen LogP contribution in [0.5, 0.6) is 0 Å². The van der Waals surface area contributed by atoms with Crippen LogP contribution < -0.4 is 10.6 Å². The maximum Gasteiger partial charge on any atom is 0.163 e. The first kappa shape index (κ1) is 12.7. The van der Waals surface area contributed by atoms with E-state index >= 15 is 0 Å². The number of aromatic nitrogens is 2. The van der Waals surface area contributed by atoms with Gasteiger partial charge in [0.2, 0.25) is 0 Å². The minimum Gasteiger partial charge on any atom is -0.367 e. The molecule has 0 atom stereocenters. The zero-order valence-electron chi connectivity index (χ0n) is 11.7. The predicted molar refractivity (Wildman–Crippen MR) is 83.8 cm³/mol. The van der Waals surface area contributed by atoms with Crippen molar-refractivity contribution in [1.29, 1.82) is 0 Å². The van der Waals surface area contributed by atoms with E-state index in [-0.39, 0.29) is 0 Å². The second-order valence-electron chi connectivity index (χ2n) is 5.11. The van der Waals surface area contributed by atoms with Gasteiger partial charge >= 0.3 is 0 Å². The molecule has 2 N–H and O–H groups in total. The van der Waals surface area contributed by atoms with Crippen LogP contribution in [0, 0.1) is 0 Å². The molecule has 0 radical (unpaired) electrons. The molecule has 2 aromatic rings. The number of benzene rings is 1. The van der Waals surface area contributed by atoms with Crippen molar-refractivity contribution in [3.8, 4) is 11.4 Å². The molecule has 1 aromatic carbocycles. The predicted octanol–water partition coefficient (Wildman–Crippen LogP) is 3.40. The van der Waals surface area contributed by atoms with Gasteiger partial charge in [0.1, 0.15) is 11.6 Å². The van der Waals surface area contributed by atoms with E-state index in [2.05, 4.69) is 46.6 Å². The summed E-state index contributed by atoms with van der Waals surface area (Å²) in [6.07, 6.45) is 4.16. The van der Waals surface area contributed by atoms with E-state index < -0.39 is 0 Å². The molecule has 0 bridgehead atoms. The summed E-state index contributed by atoms with van der Waals surface area (Å²) in [6, 6.07) is 10.4. The Labute approximate surface area is 119 Å². The van der Waals surface area contributed by atoms with Crippen molar-refractivity contribution in [3.63, 3.8) is 0 Å². The van der Waals surface area contributed by atoms with Gasteiger partial charge in [-0.2, -0.15) is 0 Å². The van der Waals surface area contributed by atoms with E-state index in [0.717, 1.165) is 35.1 Å². The molecule has 20 heavy (non-hydrogen) atoms. The molecule has 2 heterocycles. The molecular weight excluding hydrogens is 248 g/mol. The third-order valence-corrected chi connectivity index (χ3v) is 3.07. The number of nitrogens with one attached hydrogen (secondary N) is 2. The highest BCUT2D eigenvalue weighted by Gasteiger charge is 2.15. The largest absolute Gasteiger partial charge is 0.367 e. The van der Waals surface area contributed by atoms with E-state index in [1.807, 2.05) is 30.3 Å². The summed E-state index contributed by atoms with van der Waals surface area (Å²) < 4.78 is 0. The number of fused-ring (bicyclic) bond motifs is 1. The molecule has 0 saturated heterocycles. The first-order valence-electron chi connectivity index (χ1n) is 6.88. The summed E-state index contributed by atoms with van der Waals surface area (Å²) in [6.45, 7) is 5.02. The van der Waals surface area contributed by atoms with E-state index in [1.54, 1.807) is 0 Å². The van der Waals surface area contributed by atoms with E-state index in [4.69, 9.17) is 0 Å². The normalized spacial score (nSPS) is 12.9. The molecule has 1 aromatic heterocycles. The smallest absolute Gasteiger partial charge is 0.163 e. The van der Waals surface area contributed by atoms with Crippen molar-refractivity contribution < 1.29 is 0 Å². The molecule has 0 fully saturated rings. The SMILES string of the molecule is CC(C)Nc1nc(-c2ccccc2)nc2c1C=CCN2. The number of hydrogen-bond donors (Lipinski definition) is 2. The zero-order chi connectivity index (χ0) is 13.9. The summed E-state index contributed by atoms with van der Waals surface area (Å²) in [5, 5.41) is 6.71. The molecule has 3 rings (SSSR count). The third-order valence-electron chi connectivity index (χ3n) is 3.07. The average molecular weight is 266 g/mol. The Morgan fingerprint density at radius 1 is 1.15 bits per heavy atom. The van der Waals surface area contributed by atoms with Gasteiger partial charge in [-0.3, -0.25) is 0 Å². The van der Waals surface area contributed by atoms with Gasteiger partial charge in [-0.1, -0.05) is 36.4 Å². The Hall–Kier alpha value is -2.36. The van der Waals surface area contributed by atoms with Gasteiger partial charge in [-0.05, 0) is 19.9 Å². The Bertz CT molecular complexity index is 632. The van der Waals surface area contributed by atoms with Gasteiger partial charge in [0.25, 0.3) is 0 Å². The molecule has 102 valence electrons. The molecule has 0 amide bonds. The molecule has 0 spiro atoms. The summed E-state index contributed by atoms with van der Waals surface area (Å²) >= 11 is 0. The van der Waals surface area contributed by atoms with Crippen molar-refractivity contribution in [3.05, 3.63) is 42.0 Å². The first-order valence-corrected chi connectivity index (χ1v) is 6.88. The highest BCUT2D eigenvalue weighted by atomic mass is 15.1. The fourth-order valence-corrected chi connectivity index (χ4v) is 2.19. The minimum atomic E-state index is 0.327. The van der Waals surface area contributed by atoms with Crippen molar-refractivity contribution in [2.75, 3.05) is 17.2 Å². The van der Waals surface area contributed by atoms with Crippen LogP contribution in [0.4, 0.5) is 11.6 Å². The molecule has 0 saturated carbocycles. The van der Waals surface area contributed by atoms with Gasteiger partial charge in [-0.25, -0.2) is 9.97 Å². The highest BCUT2D eigenvalue weighted by molar-refractivity contribution is 5.78. The lowest BCUT2D eigenvalue weighted by atomic mass is 10.1. The zero-order valence-corrected chi connectivity index (χ0v) is 11.7. The number of anilines is 2. The quantitative estimate of drug-likeness (QED) is 0.894. The molecule has 0 unspecified atom stereocenters. The van der Waals surface area contributed by atoms with Crippen molar-refractivity contribution in [1.82, 2.24) is 9.97 Å². The van der Waals surface area contributed by atoms with Crippen molar-refractivity contribution in [2.24, 2.45) is 0 Å². The Kier molecular flexibility index (Phi) is 3.37. The second-order valence-corrected chi connectivity index (χ2v) is 5.11. The lowest BCUT2D eigenvalue weighted by Gasteiger charge is -2.19. The van der Waals surface area contributed by atoms with Crippen LogP contribution in [0.15, 0.2) is 36.4 Å². The number of nitrogens with zero attached hydrogens (tertiary/aromatic N) is 2. The minimum absolute atomic E-state index is 0.327. The van der Waals surface area contributed by atoms with Crippen LogP contribution in [-0.2, 0) is 0 Å². The van der Waals surface area contributed by atoms with E-state index in [9.17, 15) is 0 Å². The Balaban J connectivity index is 2.11. The van der Waals surface area contributed by atoms with E-state index in [1.165, 1.54) is 0 Å². The number of rotatable bonds is 3. The van der Waals surface area contributed by atoms with Crippen LogP contribution >= 0.6 is 0 Å². The molecule has 1 aliphatic heterocycles. The van der Waals surface area contributed by atoms with Crippen LogP contribution in [0.3, 0.4) is 0 Å². The fourth-order valence-electron chi connectivity index (χ4n) is 2.19. The van der Waals surface area contributed by atoms with Gasteiger partial charge in [0.15, 0.2) is 5.82 Å². The fraction of sp³-hybridized carbons (Fsp3) is 0.250. The monoisotopic (exact) mass is 266 g/mol. The van der Waals surface area contributed by atoms with Crippen LogP contribution in [-0.4, -0.2) is 22.6 Å². The molecule has 0 aliphatic carbocycles. The Morgan fingerprint density at radius 3 is 2.70 bits per heavy atom. The highest BCUT2D eigenvalue weighted by Crippen LogP contribution is 2.29. The molecular formula is C16H18N4. The van der Waals surface area contributed by atoms with Gasteiger partial charge in [-0.15, -0.1) is 0 Å². The van der Waals surface area contributed by atoms with Gasteiger partial charge < -0.3 is 10.6 Å². The topological polar surface area (TPSA) is 49.8 Å². The maximum atomic E-state index is 4.68. The molecule has 4 heteroatoms. The lowest BCUT2D eigenvalue weighted by Crippen LogP contribution is -2.16. The maximum absolute atomic E-state index is 4.68. The summed E-state index contributed by atoms with van der Waals surface area (Å²) in [5.41, 5.74) is 2.06.